The molecular weight excluding hydrogens is 604 g/mol. The van der Waals surface area contributed by atoms with E-state index in [2.05, 4.69) is 4.98 Å². The van der Waals surface area contributed by atoms with Gasteiger partial charge in [0.1, 0.15) is 39.4 Å². The van der Waals surface area contributed by atoms with Crippen molar-refractivity contribution < 1.29 is 29.0 Å². The van der Waals surface area contributed by atoms with Gasteiger partial charge in [0, 0.05) is 49.0 Å². The number of ether oxygens (including phenoxy) is 2. The van der Waals surface area contributed by atoms with Crippen molar-refractivity contribution in [3.8, 4) is 22.2 Å². The van der Waals surface area contributed by atoms with Gasteiger partial charge in [0.05, 0.1) is 24.6 Å². The summed E-state index contributed by atoms with van der Waals surface area (Å²) in [6.45, 7) is 2.63. The number of carbonyl (C=O) groups excluding carboxylic acids is 2. The molecule has 2 fully saturated rings. The number of methoxy groups -OCH3 is 1. The van der Waals surface area contributed by atoms with Crippen LogP contribution < -0.4 is 9.47 Å². The number of aromatic nitrogens is 2. The van der Waals surface area contributed by atoms with Crippen molar-refractivity contribution in [3.05, 3.63) is 46.4 Å². The molecule has 1 aliphatic carbocycles. The molecule has 1 saturated carbocycles. The van der Waals surface area contributed by atoms with Crippen LogP contribution in [0.2, 0.25) is 5.02 Å². The van der Waals surface area contributed by atoms with Crippen LogP contribution in [0.4, 0.5) is 0 Å². The lowest BCUT2D eigenvalue weighted by Gasteiger charge is -2.28. The molecule has 1 aromatic carbocycles. The fourth-order valence-corrected chi connectivity index (χ4v) is 7.38. The van der Waals surface area contributed by atoms with E-state index in [0.29, 0.717) is 51.1 Å². The first-order valence-corrected chi connectivity index (χ1v) is 16.1. The van der Waals surface area contributed by atoms with Crippen LogP contribution in [0.15, 0.2) is 35.7 Å². The van der Waals surface area contributed by atoms with Crippen molar-refractivity contribution in [1.82, 2.24) is 19.8 Å². The number of fused-ring (bicyclic) bond motifs is 3. The maximum absolute atomic E-state index is 13.8. The summed E-state index contributed by atoms with van der Waals surface area (Å²) in [5.41, 5.74) is 0.810. The number of hydrogen-bond donors (Lipinski definition) is 1. The molecule has 44 heavy (non-hydrogen) atoms. The Hall–Kier alpha value is -3.70. The number of hydrogen-bond acceptors (Lipinski definition) is 8. The molecule has 0 radical (unpaired) electrons. The number of thiazole rings is 1. The zero-order chi connectivity index (χ0) is 31.2. The van der Waals surface area contributed by atoms with Crippen LogP contribution in [0.25, 0.3) is 21.6 Å². The van der Waals surface area contributed by atoms with Gasteiger partial charge in [-0.25, -0.2) is 9.97 Å². The summed E-state index contributed by atoms with van der Waals surface area (Å²) >= 11 is 8.16. The highest BCUT2D eigenvalue weighted by atomic mass is 35.5. The lowest BCUT2D eigenvalue weighted by Crippen LogP contribution is -2.47. The highest BCUT2D eigenvalue weighted by molar-refractivity contribution is 7.13. The third kappa shape index (κ3) is 5.63. The molecule has 1 saturated heterocycles. The van der Waals surface area contributed by atoms with Crippen LogP contribution in [0.5, 0.6) is 11.5 Å². The topological polar surface area (TPSA) is 122 Å². The molecule has 3 aliphatic rings. The molecule has 12 heteroatoms. The molecule has 0 unspecified atom stereocenters. The summed E-state index contributed by atoms with van der Waals surface area (Å²) in [7, 11) is 3.29. The summed E-state index contributed by atoms with van der Waals surface area (Å²) < 4.78 is 12.0. The Kier molecular flexibility index (Phi) is 8.27. The fourth-order valence-electron chi connectivity index (χ4n) is 6.34. The summed E-state index contributed by atoms with van der Waals surface area (Å²) in [4.78, 5) is 52.4. The molecule has 4 heterocycles. The van der Waals surface area contributed by atoms with Gasteiger partial charge in [0.2, 0.25) is 11.8 Å². The highest BCUT2D eigenvalue weighted by Crippen LogP contribution is 2.57. The average Bonchev–Trinajstić information content (AvgIpc) is 3.29. The normalized spacial score (nSPS) is 26.6. The van der Waals surface area contributed by atoms with Crippen molar-refractivity contribution in [3.63, 3.8) is 0 Å². The van der Waals surface area contributed by atoms with Crippen molar-refractivity contribution in [2.75, 3.05) is 27.2 Å². The number of pyridine rings is 1. The smallest absolute Gasteiger partial charge is 0.310 e. The van der Waals surface area contributed by atoms with E-state index >= 15 is 0 Å². The van der Waals surface area contributed by atoms with Gasteiger partial charge in [-0.2, -0.15) is 0 Å². The first-order chi connectivity index (χ1) is 21.1. The maximum Gasteiger partial charge on any atom is 0.310 e. The first-order valence-electron chi connectivity index (χ1n) is 14.8. The number of benzene rings is 1. The van der Waals surface area contributed by atoms with Gasteiger partial charge in [-0.15, -0.1) is 11.3 Å². The predicted molar refractivity (Wildman–Crippen MR) is 167 cm³/mol. The van der Waals surface area contributed by atoms with Gasteiger partial charge in [0.15, 0.2) is 0 Å². The lowest BCUT2D eigenvalue weighted by atomic mass is 9.97. The number of aryl methyl sites for hydroxylation is 1. The van der Waals surface area contributed by atoms with Crippen molar-refractivity contribution in [2.24, 2.45) is 11.3 Å². The minimum absolute atomic E-state index is 0.151. The summed E-state index contributed by atoms with van der Waals surface area (Å²) in [5, 5.41) is 13.7. The molecule has 10 nitrogen and oxygen atoms in total. The molecule has 2 aliphatic heterocycles. The first kappa shape index (κ1) is 30.3. The van der Waals surface area contributed by atoms with E-state index in [9.17, 15) is 19.5 Å². The molecule has 1 N–H and O–H groups in total. The van der Waals surface area contributed by atoms with E-state index in [0.717, 1.165) is 25.0 Å². The Balaban J connectivity index is 1.34. The predicted octanol–water partition coefficient (Wildman–Crippen LogP) is 5.36. The second-order valence-corrected chi connectivity index (χ2v) is 13.2. The summed E-state index contributed by atoms with van der Waals surface area (Å²) in [5.74, 6) is -0.691. The monoisotopic (exact) mass is 638 g/mol. The molecule has 2 amide bonds. The standard InChI is InChI=1S/C32H35ClN4O6S/c1-18-17-44-29(34-18)22-13-25(21-9-10-24(42-3)27(33)28(21)35-22)43-20-12-23-30(39)36(2)11-7-5-4-6-8-19-14-32(19,31(40)41)15-26(38)37(23)16-20/h6,8-10,13,17,19-20,23H,4-5,7,11-12,14-16H2,1-3H3,(H,40,41)/b8-6-/t19-,20+,23+,32-/m1/s1. The number of nitrogens with zero attached hydrogens (tertiary/aromatic N) is 4. The summed E-state index contributed by atoms with van der Waals surface area (Å²) in [6, 6.07) is 4.63. The van der Waals surface area contributed by atoms with Crippen molar-refractivity contribution >= 4 is 51.6 Å². The molecule has 0 spiro atoms. The number of allylic oxidation sites excluding steroid dienone is 2. The van der Waals surface area contributed by atoms with E-state index in [1.807, 2.05) is 36.6 Å². The van der Waals surface area contributed by atoms with Gasteiger partial charge >= 0.3 is 5.97 Å². The zero-order valence-corrected chi connectivity index (χ0v) is 26.5. The number of rotatable bonds is 5. The average molecular weight is 639 g/mol. The van der Waals surface area contributed by atoms with E-state index in [1.54, 1.807) is 18.0 Å². The zero-order valence-electron chi connectivity index (χ0n) is 24.9. The number of aliphatic carboxylic acids is 1. The Morgan fingerprint density at radius 1 is 1.20 bits per heavy atom. The number of halogens is 1. The Bertz CT molecular complexity index is 1660. The third-order valence-electron chi connectivity index (χ3n) is 8.95. The van der Waals surface area contributed by atoms with E-state index in [1.165, 1.54) is 23.3 Å². The second kappa shape index (κ2) is 12.0. The number of carbonyl (C=O) groups is 3. The number of likely N-dealkylation sites (N-methyl/N-ethyl adjacent to an activating group) is 1. The molecule has 3 aromatic rings. The Morgan fingerprint density at radius 3 is 2.75 bits per heavy atom. The fraction of sp³-hybridized carbons (Fsp3) is 0.469. The highest BCUT2D eigenvalue weighted by Gasteiger charge is 2.61. The molecule has 232 valence electrons. The van der Waals surface area contributed by atoms with Gasteiger partial charge < -0.3 is 24.4 Å². The van der Waals surface area contributed by atoms with Crippen LogP contribution in [-0.4, -0.2) is 82.1 Å². The van der Waals surface area contributed by atoms with Gasteiger partial charge in [-0.05, 0) is 50.7 Å². The second-order valence-electron chi connectivity index (χ2n) is 11.9. The van der Waals surface area contributed by atoms with E-state index < -0.39 is 23.5 Å². The maximum atomic E-state index is 13.8. The van der Waals surface area contributed by atoms with Crippen LogP contribution in [0.1, 0.15) is 44.2 Å². The third-order valence-corrected chi connectivity index (χ3v) is 10.3. The number of carboxylic acid groups (broad SMARTS) is 1. The summed E-state index contributed by atoms with van der Waals surface area (Å²) in [6.07, 6.45) is 6.50. The Labute approximate surface area is 264 Å². The molecular formula is C32H35ClN4O6S. The van der Waals surface area contributed by atoms with Crippen LogP contribution in [0, 0.1) is 18.3 Å². The van der Waals surface area contributed by atoms with Crippen LogP contribution in [0.3, 0.4) is 0 Å². The SMILES string of the molecule is COc1ccc2c(O[C@H]3C[C@H]4C(=O)N(C)CCCC/C=C\[C@@H]5C[C@@]5(C(=O)O)CC(=O)N4C3)cc(-c3nc(C)cs3)nc2c1Cl. The van der Waals surface area contributed by atoms with E-state index in [-0.39, 0.29) is 37.1 Å². The lowest BCUT2D eigenvalue weighted by molar-refractivity contribution is -0.150. The van der Waals surface area contributed by atoms with Crippen molar-refractivity contribution in [2.45, 2.75) is 57.6 Å². The van der Waals surface area contributed by atoms with Gasteiger partial charge in [-0.3, -0.25) is 14.4 Å². The van der Waals surface area contributed by atoms with Crippen LogP contribution in [-0.2, 0) is 14.4 Å². The number of amides is 2. The molecule has 4 atom stereocenters. The molecule has 2 aromatic heterocycles. The minimum Gasteiger partial charge on any atom is -0.495 e. The van der Waals surface area contributed by atoms with Crippen LogP contribution >= 0.6 is 22.9 Å². The van der Waals surface area contributed by atoms with Crippen molar-refractivity contribution in [1.29, 1.82) is 0 Å². The molecule has 6 rings (SSSR count). The largest absolute Gasteiger partial charge is 0.495 e. The molecule has 0 bridgehead atoms. The number of carboxylic acids is 1. The van der Waals surface area contributed by atoms with Gasteiger partial charge in [-0.1, -0.05) is 23.8 Å². The minimum atomic E-state index is -1.13. The Morgan fingerprint density at radius 2 is 2.02 bits per heavy atom. The van der Waals surface area contributed by atoms with E-state index in [4.69, 9.17) is 26.1 Å². The quantitative estimate of drug-likeness (QED) is 0.371. The van der Waals surface area contributed by atoms with Gasteiger partial charge in [0.25, 0.3) is 0 Å².